The Morgan fingerprint density at radius 1 is 1.32 bits per heavy atom. The number of hydrogen-bond donors (Lipinski definition) is 0. The predicted molar refractivity (Wildman–Crippen MR) is 86.3 cm³/mol. The summed E-state index contributed by atoms with van der Waals surface area (Å²) < 4.78 is 8.09. The second kappa shape index (κ2) is 5.33. The molecule has 6 nitrogen and oxygen atoms in total. The van der Waals surface area contributed by atoms with Gasteiger partial charge in [0.05, 0.1) is 12.3 Å². The van der Waals surface area contributed by atoms with Crippen molar-refractivity contribution in [1.82, 2.24) is 19.6 Å². The Kier molecular flexibility index (Phi) is 3.31. The van der Waals surface area contributed by atoms with Gasteiger partial charge in [-0.25, -0.2) is 4.98 Å². The van der Waals surface area contributed by atoms with Gasteiger partial charge in [0.1, 0.15) is 12.1 Å². The molecule has 22 heavy (non-hydrogen) atoms. The molecule has 112 valence electrons. The van der Waals surface area contributed by atoms with Gasteiger partial charge in [0.15, 0.2) is 0 Å². The molecule has 0 fully saturated rings. The number of fused-ring (bicyclic) bond motifs is 2. The lowest BCUT2D eigenvalue weighted by atomic mass is 10.2. The summed E-state index contributed by atoms with van der Waals surface area (Å²) in [6.45, 7) is 1.37. The fraction of sp³-hybridized carbons (Fsp3) is 0.267. The molecule has 0 atom stereocenters. The fourth-order valence-corrected chi connectivity index (χ4v) is 3.28. The number of methoxy groups -OCH3 is 1. The molecule has 1 aliphatic rings. The molecule has 2 aromatic heterocycles. The zero-order chi connectivity index (χ0) is 15.1. The number of halogens is 1. The summed E-state index contributed by atoms with van der Waals surface area (Å²) in [5.41, 5.74) is 3.38. The van der Waals surface area contributed by atoms with E-state index < -0.39 is 0 Å². The summed E-state index contributed by atoms with van der Waals surface area (Å²) >= 11 is 3.53. The van der Waals surface area contributed by atoms with Crippen molar-refractivity contribution in [3.8, 4) is 0 Å². The van der Waals surface area contributed by atoms with Crippen molar-refractivity contribution >= 4 is 33.2 Å². The highest BCUT2D eigenvalue weighted by atomic mass is 79.9. The maximum atomic E-state index is 5.21. The van der Waals surface area contributed by atoms with E-state index in [0.29, 0.717) is 12.4 Å². The highest BCUT2D eigenvalue weighted by Gasteiger charge is 2.23. The van der Waals surface area contributed by atoms with Crippen molar-refractivity contribution in [3.63, 3.8) is 0 Å². The quantitative estimate of drug-likeness (QED) is 0.719. The van der Waals surface area contributed by atoms with Crippen molar-refractivity contribution in [2.45, 2.75) is 13.0 Å². The largest absolute Gasteiger partial charge is 0.378 e. The molecule has 0 radical (unpaired) electrons. The molecular weight excluding hydrogens is 346 g/mol. The first-order valence-corrected chi connectivity index (χ1v) is 7.80. The zero-order valence-corrected chi connectivity index (χ0v) is 13.6. The van der Waals surface area contributed by atoms with Crippen molar-refractivity contribution in [2.24, 2.45) is 0 Å². The molecule has 0 amide bonds. The van der Waals surface area contributed by atoms with Gasteiger partial charge >= 0.3 is 0 Å². The molecule has 0 aliphatic carbocycles. The lowest BCUT2D eigenvalue weighted by Crippen LogP contribution is -2.18. The summed E-state index contributed by atoms with van der Waals surface area (Å²) in [5, 5.41) is 4.31. The minimum atomic E-state index is 0.456. The van der Waals surface area contributed by atoms with E-state index in [9.17, 15) is 0 Å². The zero-order valence-electron chi connectivity index (χ0n) is 12.0. The van der Waals surface area contributed by atoms with Crippen molar-refractivity contribution in [2.75, 3.05) is 18.6 Å². The average molecular weight is 360 g/mol. The van der Waals surface area contributed by atoms with Gasteiger partial charge in [-0.2, -0.15) is 14.6 Å². The molecule has 4 rings (SSSR count). The molecule has 3 aromatic rings. The van der Waals surface area contributed by atoms with E-state index in [0.717, 1.165) is 29.0 Å². The maximum absolute atomic E-state index is 5.21. The number of hydrogen-bond acceptors (Lipinski definition) is 5. The van der Waals surface area contributed by atoms with E-state index in [2.05, 4.69) is 54.1 Å². The third kappa shape index (κ3) is 2.17. The number of rotatable bonds is 3. The highest BCUT2D eigenvalue weighted by molar-refractivity contribution is 9.10. The molecule has 0 unspecified atom stereocenters. The first-order chi connectivity index (χ1) is 10.8. The summed E-state index contributed by atoms with van der Waals surface area (Å²) in [5.74, 6) is 1.56. The van der Waals surface area contributed by atoms with E-state index in [4.69, 9.17) is 4.74 Å². The van der Waals surface area contributed by atoms with Crippen LogP contribution in [-0.2, 0) is 17.8 Å². The first kappa shape index (κ1) is 13.7. The summed E-state index contributed by atoms with van der Waals surface area (Å²) in [6.07, 6.45) is 2.54. The number of benzene rings is 1. The molecular formula is C15H14BrN5O. The molecule has 3 heterocycles. The SMILES string of the molecule is COCc1cc(N2CCc3cc(Br)ccc32)n2ncnc2n1. The molecule has 7 heteroatoms. The van der Waals surface area contributed by atoms with Crippen molar-refractivity contribution in [3.05, 3.63) is 46.3 Å². The Balaban J connectivity index is 1.86. The maximum Gasteiger partial charge on any atom is 0.254 e. The first-order valence-electron chi connectivity index (χ1n) is 7.01. The number of aromatic nitrogens is 4. The topological polar surface area (TPSA) is 55.6 Å². The van der Waals surface area contributed by atoms with Crippen LogP contribution in [0.2, 0.25) is 0 Å². The second-order valence-electron chi connectivity index (χ2n) is 5.19. The average Bonchev–Trinajstić information content (AvgIpc) is 3.12. The minimum absolute atomic E-state index is 0.456. The number of ether oxygens (including phenoxy) is 1. The van der Waals surface area contributed by atoms with Gasteiger partial charge in [-0.05, 0) is 30.2 Å². The molecule has 0 saturated heterocycles. The normalized spacial score (nSPS) is 13.8. The summed E-state index contributed by atoms with van der Waals surface area (Å²) in [4.78, 5) is 10.9. The Labute approximate surface area is 135 Å². The van der Waals surface area contributed by atoms with Crippen molar-refractivity contribution in [1.29, 1.82) is 0 Å². The summed E-state index contributed by atoms with van der Waals surface area (Å²) in [6, 6.07) is 8.38. The van der Waals surface area contributed by atoms with E-state index in [1.54, 1.807) is 11.6 Å². The number of anilines is 2. The van der Waals surface area contributed by atoms with E-state index in [-0.39, 0.29) is 0 Å². The minimum Gasteiger partial charge on any atom is -0.378 e. The molecule has 0 bridgehead atoms. The molecule has 1 aliphatic heterocycles. The van der Waals surface area contributed by atoms with Crippen molar-refractivity contribution < 1.29 is 4.74 Å². The van der Waals surface area contributed by atoms with Crippen LogP contribution in [0.4, 0.5) is 11.5 Å². The smallest absolute Gasteiger partial charge is 0.254 e. The predicted octanol–water partition coefficient (Wildman–Crippen LogP) is 2.73. The van der Waals surface area contributed by atoms with E-state index in [1.807, 2.05) is 6.07 Å². The van der Waals surface area contributed by atoms with Crippen LogP contribution in [0.3, 0.4) is 0 Å². The fourth-order valence-electron chi connectivity index (χ4n) is 2.87. The van der Waals surface area contributed by atoms with Crippen LogP contribution in [0.5, 0.6) is 0 Å². The molecule has 0 saturated carbocycles. The Bertz CT molecular complexity index is 847. The number of nitrogens with zero attached hydrogens (tertiary/aromatic N) is 5. The van der Waals surface area contributed by atoms with Gasteiger partial charge in [-0.3, -0.25) is 0 Å². The van der Waals surface area contributed by atoms with Gasteiger partial charge in [-0.15, -0.1) is 0 Å². The Hall–Kier alpha value is -1.99. The van der Waals surface area contributed by atoms with Crippen LogP contribution < -0.4 is 4.90 Å². The van der Waals surface area contributed by atoms with Crippen LogP contribution in [-0.4, -0.2) is 33.2 Å². The van der Waals surface area contributed by atoms with Gasteiger partial charge < -0.3 is 9.64 Å². The van der Waals surface area contributed by atoms with Crippen LogP contribution in [0, 0.1) is 0 Å². The third-order valence-electron chi connectivity index (χ3n) is 3.79. The van der Waals surface area contributed by atoms with Gasteiger partial charge in [-0.1, -0.05) is 15.9 Å². The van der Waals surface area contributed by atoms with Gasteiger partial charge in [0.2, 0.25) is 0 Å². The summed E-state index contributed by atoms with van der Waals surface area (Å²) in [7, 11) is 1.66. The highest BCUT2D eigenvalue weighted by Crippen LogP contribution is 2.36. The third-order valence-corrected chi connectivity index (χ3v) is 4.29. The van der Waals surface area contributed by atoms with Gasteiger partial charge in [0, 0.05) is 29.9 Å². The van der Waals surface area contributed by atoms with E-state index >= 15 is 0 Å². The van der Waals surface area contributed by atoms with Crippen LogP contribution >= 0.6 is 15.9 Å². The monoisotopic (exact) mass is 359 g/mol. The van der Waals surface area contributed by atoms with Crippen LogP contribution in [0.15, 0.2) is 35.1 Å². The van der Waals surface area contributed by atoms with Gasteiger partial charge in [0.25, 0.3) is 5.78 Å². The van der Waals surface area contributed by atoms with Crippen LogP contribution in [0.1, 0.15) is 11.3 Å². The Morgan fingerprint density at radius 2 is 2.23 bits per heavy atom. The van der Waals surface area contributed by atoms with E-state index in [1.165, 1.54) is 17.6 Å². The lowest BCUT2D eigenvalue weighted by Gasteiger charge is -2.20. The molecule has 1 aromatic carbocycles. The lowest BCUT2D eigenvalue weighted by molar-refractivity contribution is 0.181. The molecule has 0 spiro atoms. The van der Waals surface area contributed by atoms with Crippen LogP contribution in [0.25, 0.3) is 5.78 Å². The molecule has 0 N–H and O–H groups in total. The Morgan fingerprint density at radius 3 is 3.09 bits per heavy atom. The second-order valence-corrected chi connectivity index (χ2v) is 6.10. The standard InChI is InChI=1S/C15H14BrN5O/c1-22-8-12-7-14(21-15(19-12)17-9-18-21)20-5-4-10-6-11(16)2-3-13(10)20/h2-3,6-7,9H,4-5,8H2,1H3.